The summed E-state index contributed by atoms with van der Waals surface area (Å²) < 4.78 is 0. The van der Waals surface area contributed by atoms with Crippen LogP contribution in [0, 0.1) is 0 Å². The van der Waals surface area contributed by atoms with E-state index in [1.165, 1.54) is 18.2 Å². The highest BCUT2D eigenvalue weighted by Crippen LogP contribution is 2.24. The minimum atomic E-state index is -0.765. The molecule has 4 N–H and O–H groups in total. The fourth-order valence-corrected chi connectivity index (χ4v) is 1.87. The quantitative estimate of drug-likeness (QED) is 0.473. The smallest absolute Gasteiger partial charge is 0.309 e. The normalized spacial score (nSPS) is 10.1. The van der Waals surface area contributed by atoms with Gasteiger partial charge in [-0.3, -0.25) is 14.6 Å². The number of aromatic nitrogens is 1. The number of nitrogens with zero attached hydrogens (tertiary/aromatic N) is 1. The Hall–Kier alpha value is -3.09. The first kappa shape index (κ1) is 16.3. The van der Waals surface area contributed by atoms with E-state index in [1.807, 2.05) is 12.1 Å². The third-order valence-electron chi connectivity index (χ3n) is 3.09. The zero-order valence-corrected chi connectivity index (χ0v) is 12.3. The Morgan fingerprint density at radius 3 is 2.48 bits per heavy atom. The molecule has 1 aromatic carbocycles. The van der Waals surface area contributed by atoms with Gasteiger partial charge in [0.15, 0.2) is 11.5 Å². The molecule has 7 heteroatoms. The van der Waals surface area contributed by atoms with Gasteiger partial charge in [0.1, 0.15) is 0 Å². The van der Waals surface area contributed by atoms with E-state index >= 15 is 0 Å². The van der Waals surface area contributed by atoms with Gasteiger partial charge in [-0.15, -0.1) is 0 Å². The number of rotatable bonds is 5. The van der Waals surface area contributed by atoms with Gasteiger partial charge in [-0.1, -0.05) is 12.1 Å². The maximum atomic E-state index is 11.7. The molecule has 0 atom stereocenters. The molecular formula is C16H17N3O4. The van der Waals surface area contributed by atoms with Crippen LogP contribution in [-0.2, 0) is 22.6 Å². The fraction of sp³-hybridized carbons (Fsp3) is 0.188. The largest absolute Gasteiger partial charge is 0.504 e. The maximum Gasteiger partial charge on any atom is 0.309 e. The van der Waals surface area contributed by atoms with Crippen LogP contribution in [0.3, 0.4) is 0 Å². The molecule has 2 rings (SSSR count). The fourth-order valence-electron chi connectivity index (χ4n) is 1.87. The summed E-state index contributed by atoms with van der Waals surface area (Å²) >= 11 is 0. The number of nitrogens with one attached hydrogen (secondary N) is 2. The third-order valence-corrected chi connectivity index (χ3v) is 3.09. The van der Waals surface area contributed by atoms with Crippen molar-refractivity contribution in [1.82, 2.24) is 15.6 Å². The zero-order chi connectivity index (χ0) is 16.7. The van der Waals surface area contributed by atoms with Gasteiger partial charge < -0.3 is 20.8 Å². The summed E-state index contributed by atoms with van der Waals surface area (Å²) in [4.78, 5) is 27.4. The Morgan fingerprint density at radius 2 is 1.78 bits per heavy atom. The molecule has 120 valence electrons. The standard InChI is InChI=1S/C16H17N3O4/c20-13-5-4-11(9-14(13)21)10-19-16(23)15(22)18-8-6-12-3-1-2-7-17-12/h1-5,7,9,20-21H,6,8,10H2,(H,18,22)(H,19,23). The molecular weight excluding hydrogens is 298 g/mol. The topological polar surface area (TPSA) is 112 Å². The predicted octanol–water partition coefficient (Wildman–Crippen LogP) is 0.468. The molecule has 0 fully saturated rings. The van der Waals surface area contributed by atoms with Crippen molar-refractivity contribution in [2.75, 3.05) is 6.54 Å². The Bertz CT molecular complexity index is 689. The van der Waals surface area contributed by atoms with Crippen molar-refractivity contribution in [2.24, 2.45) is 0 Å². The Kier molecular flexibility index (Phi) is 5.51. The lowest BCUT2D eigenvalue weighted by Crippen LogP contribution is -2.40. The highest BCUT2D eigenvalue weighted by atomic mass is 16.3. The summed E-state index contributed by atoms with van der Waals surface area (Å²) in [5, 5.41) is 23.5. The van der Waals surface area contributed by atoms with Crippen LogP contribution in [0.4, 0.5) is 0 Å². The number of carbonyl (C=O) groups is 2. The predicted molar refractivity (Wildman–Crippen MR) is 82.6 cm³/mol. The zero-order valence-electron chi connectivity index (χ0n) is 12.3. The molecule has 23 heavy (non-hydrogen) atoms. The van der Waals surface area contributed by atoms with Crippen molar-refractivity contribution < 1.29 is 19.8 Å². The average Bonchev–Trinajstić information content (AvgIpc) is 2.56. The number of phenolic OH excluding ortho intramolecular Hbond substituents is 2. The Balaban J connectivity index is 1.74. The monoisotopic (exact) mass is 315 g/mol. The lowest BCUT2D eigenvalue weighted by Gasteiger charge is -2.07. The number of carbonyl (C=O) groups excluding carboxylic acids is 2. The summed E-state index contributed by atoms with van der Waals surface area (Å²) in [6.07, 6.45) is 2.20. The van der Waals surface area contributed by atoms with E-state index in [2.05, 4.69) is 15.6 Å². The van der Waals surface area contributed by atoms with Crippen molar-refractivity contribution in [2.45, 2.75) is 13.0 Å². The Labute approximate surface area is 133 Å². The molecule has 0 saturated carbocycles. The van der Waals surface area contributed by atoms with E-state index in [0.717, 1.165) is 5.69 Å². The lowest BCUT2D eigenvalue weighted by molar-refractivity contribution is -0.139. The van der Waals surface area contributed by atoms with Crippen molar-refractivity contribution in [1.29, 1.82) is 0 Å². The minimum absolute atomic E-state index is 0.0698. The van der Waals surface area contributed by atoms with Gasteiger partial charge in [-0.25, -0.2) is 0 Å². The average molecular weight is 315 g/mol. The van der Waals surface area contributed by atoms with E-state index in [0.29, 0.717) is 18.5 Å². The summed E-state index contributed by atoms with van der Waals surface area (Å²) in [5.41, 5.74) is 1.39. The van der Waals surface area contributed by atoms with Crippen molar-refractivity contribution in [3.63, 3.8) is 0 Å². The van der Waals surface area contributed by atoms with Gasteiger partial charge in [0.05, 0.1) is 0 Å². The molecule has 0 saturated heterocycles. The SMILES string of the molecule is O=C(NCCc1ccccn1)C(=O)NCc1ccc(O)c(O)c1. The van der Waals surface area contributed by atoms with E-state index in [4.69, 9.17) is 0 Å². The van der Waals surface area contributed by atoms with Crippen LogP contribution in [0.15, 0.2) is 42.6 Å². The molecule has 7 nitrogen and oxygen atoms in total. The van der Waals surface area contributed by atoms with Gasteiger partial charge in [0, 0.05) is 31.4 Å². The minimum Gasteiger partial charge on any atom is -0.504 e. The van der Waals surface area contributed by atoms with Crippen LogP contribution in [0.5, 0.6) is 11.5 Å². The molecule has 1 heterocycles. The third kappa shape index (κ3) is 4.99. The molecule has 1 aromatic heterocycles. The molecule has 0 aliphatic heterocycles. The molecule has 0 aliphatic rings. The van der Waals surface area contributed by atoms with Crippen molar-refractivity contribution in [3.8, 4) is 11.5 Å². The van der Waals surface area contributed by atoms with E-state index in [9.17, 15) is 19.8 Å². The van der Waals surface area contributed by atoms with Gasteiger partial charge in [-0.2, -0.15) is 0 Å². The van der Waals surface area contributed by atoms with E-state index in [-0.39, 0.29) is 18.0 Å². The summed E-state index contributed by atoms with van der Waals surface area (Å²) in [6.45, 7) is 0.379. The lowest BCUT2D eigenvalue weighted by atomic mass is 10.2. The molecule has 0 unspecified atom stereocenters. The first-order chi connectivity index (χ1) is 11.1. The molecule has 0 radical (unpaired) electrons. The highest BCUT2D eigenvalue weighted by molar-refractivity contribution is 6.35. The molecule has 2 amide bonds. The van der Waals surface area contributed by atoms with Crippen LogP contribution in [0.25, 0.3) is 0 Å². The number of hydrogen-bond donors (Lipinski definition) is 4. The summed E-state index contributed by atoms with van der Waals surface area (Å²) in [7, 11) is 0. The maximum absolute atomic E-state index is 11.7. The number of pyridine rings is 1. The van der Waals surface area contributed by atoms with Crippen LogP contribution < -0.4 is 10.6 Å². The van der Waals surface area contributed by atoms with Crippen molar-refractivity contribution >= 4 is 11.8 Å². The summed E-state index contributed by atoms with van der Waals surface area (Å²) in [6, 6.07) is 9.65. The number of aromatic hydroxyl groups is 2. The van der Waals surface area contributed by atoms with Gasteiger partial charge in [-0.05, 0) is 29.8 Å². The molecule has 0 spiro atoms. The van der Waals surface area contributed by atoms with Crippen LogP contribution >= 0.6 is 0 Å². The van der Waals surface area contributed by atoms with Gasteiger partial charge in [0.2, 0.25) is 0 Å². The number of amides is 2. The van der Waals surface area contributed by atoms with Crippen molar-refractivity contribution in [3.05, 3.63) is 53.9 Å². The first-order valence-electron chi connectivity index (χ1n) is 7.03. The molecule has 2 aromatic rings. The van der Waals surface area contributed by atoms with Gasteiger partial charge >= 0.3 is 11.8 Å². The number of benzene rings is 1. The first-order valence-corrected chi connectivity index (χ1v) is 7.03. The molecule has 0 aliphatic carbocycles. The van der Waals surface area contributed by atoms with Gasteiger partial charge in [0.25, 0.3) is 0 Å². The van der Waals surface area contributed by atoms with Crippen LogP contribution in [-0.4, -0.2) is 33.6 Å². The highest BCUT2D eigenvalue weighted by Gasteiger charge is 2.12. The second-order valence-electron chi connectivity index (χ2n) is 4.83. The number of hydrogen-bond acceptors (Lipinski definition) is 5. The molecule has 0 bridgehead atoms. The second-order valence-corrected chi connectivity index (χ2v) is 4.83. The van der Waals surface area contributed by atoms with E-state index < -0.39 is 11.8 Å². The van der Waals surface area contributed by atoms with Crippen LogP contribution in [0.2, 0.25) is 0 Å². The summed E-state index contributed by atoms with van der Waals surface area (Å²) in [5.74, 6) is -2.02. The number of phenols is 2. The van der Waals surface area contributed by atoms with E-state index in [1.54, 1.807) is 12.3 Å². The Morgan fingerprint density at radius 1 is 1.00 bits per heavy atom. The second kappa shape index (κ2) is 7.79. The van der Waals surface area contributed by atoms with Crippen LogP contribution in [0.1, 0.15) is 11.3 Å².